The molecule has 2 nitrogen and oxygen atoms in total. The van der Waals surface area contributed by atoms with Gasteiger partial charge >= 0.3 is 12.1 Å². The lowest BCUT2D eigenvalue weighted by Gasteiger charge is -2.06. The SMILES string of the molecule is CCc1c(C=CC(=O)O)sc2cc(C(F)(F)F)ccc12. The predicted octanol–water partition coefficient (Wildman–Crippen LogP) is 4.58. The highest BCUT2D eigenvalue weighted by Crippen LogP contribution is 2.37. The molecule has 2 rings (SSSR count). The maximum absolute atomic E-state index is 12.7. The minimum atomic E-state index is -4.37. The molecule has 106 valence electrons. The summed E-state index contributed by atoms with van der Waals surface area (Å²) in [6.45, 7) is 1.89. The molecule has 0 saturated carbocycles. The van der Waals surface area contributed by atoms with Gasteiger partial charge in [-0.15, -0.1) is 11.3 Å². The van der Waals surface area contributed by atoms with Crippen molar-refractivity contribution in [3.63, 3.8) is 0 Å². The van der Waals surface area contributed by atoms with Crippen LogP contribution in [0.25, 0.3) is 16.2 Å². The minimum absolute atomic E-state index is 0.515. The van der Waals surface area contributed by atoms with Crippen molar-refractivity contribution in [2.45, 2.75) is 19.5 Å². The van der Waals surface area contributed by atoms with Crippen LogP contribution in [0, 0.1) is 0 Å². The maximum Gasteiger partial charge on any atom is 0.416 e. The lowest BCUT2D eigenvalue weighted by atomic mass is 10.1. The molecule has 6 heteroatoms. The van der Waals surface area contributed by atoms with Crippen molar-refractivity contribution in [1.29, 1.82) is 0 Å². The van der Waals surface area contributed by atoms with E-state index in [1.165, 1.54) is 23.5 Å². The van der Waals surface area contributed by atoms with Crippen LogP contribution in [0.5, 0.6) is 0 Å². The molecular formula is C14H11F3O2S. The molecule has 0 aliphatic heterocycles. The van der Waals surface area contributed by atoms with E-state index in [0.29, 0.717) is 16.0 Å². The summed E-state index contributed by atoms with van der Waals surface area (Å²) in [6.07, 6.45) is -1.32. The maximum atomic E-state index is 12.7. The second-order valence-electron chi connectivity index (χ2n) is 4.18. The number of benzene rings is 1. The molecule has 0 aliphatic rings. The van der Waals surface area contributed by atoms with E-state index < -0.39 is 17.7 Å². The van der Waals surface area contributed by atoms with Gasteiger partial charge < -0.3 is 5.11 Å². The number of halogens is 3. The molecule has 0 atom stereocenters. The Morgan fingerprint density at radius 3 is 2.65 bits per heavy atom. The van der Waals surface area contributed by atoms with Crippen molar-refractivity contribution in [2.75, 3.05) is 0 Å². The van der Waals surface area contributed by atoms with Crippen LogP contribution >= 0.6 is 11.3 Å². The second kappa shape index (κ2) is 5.28. The lowest BCUT2D eigenvalue weighted by molar-refractivity contribution is -0.137. The van der Waals surface area contributed by atoms with Gasteiger partial charge in [0.1, 0.15) is 0 Å². The van der Waals surface area contributed by atoms with E-state index >= 15 is 0 Å². The van der Waals surface area contributed by atoms with Crippen LogP contribution in [0.2, 0.25) is 0 Å². The van der Waals surface area contributed by atoms with E-state index in [4.69, 9.17) is 5.11 Å². The number of aryl methyl sites for hydroxylation is 1. The van der Waals surface area contributed by atoms with Crippen molar-refractivity contribution < 1.29 is 23.1 Å². The third-order valence-corrected chi connectivity index (χ3v) is 4.04. The molecule has 0 saturated heterocycles. The first-order valence-electron chi connectivity index (χ1n) is 5.86. The molecule has 0 amide bonds. The van der Waals surface area contributed by atoms with Crippen LogP contribution in [0.1, 0.15) is 22.9 Å². The monoisotopic (exact) mass is 300 g/mol. The normalized spacial score (nSPS) is 12.4. The predicted molar refractivity (Wildman–Crippen MR) is 72.9 cm³/mol. The van der Waals surface area contributed by atoms with Gasteiger partial charge in [0.2, 0.25) is 0 Å². The highest BCUT2D eigenvalue weighted by molar-refractivity contribution is 7.20. The van der Waals surface area contributed by atoms with Gasteiger partial charge in [-0.3, -0.25) is 0 Å². The molecule has 2 aromatic rings. The second-order valence-corrected chi connectivity index (χ2v) is 5.26. The molecule has 0 radical (unpaired) electrons. The summed E-state index contributed by atoms with van der Waals surface area (Å²) in [6, 6.07) is 3.61. The Labute approximate surface area is 117 Å². The fourth-order valence-electron chi connectivity index (χ4n) is 1.99. The number of alkyl halides is 3. The van der Waals surface area contributed by atoms with E-state index in [0.717, 1.165) is 29.2 Å². The van der Waals surface area contributed by atoms with Gasteiger partial charge in [-0.1, -0.05) is 13.0 Å². The number of carboxylic acids is 1. The van der Waals surface area contributed by atoms with Gasteiger partial charge in [0.15, 0.2) is 0 Å². The van der Waals surface area contributed by atoms with Crippen molar-refractivity contribution in [2.24, 2.45) is 0 Å². The Kier molecular flexibility index (Phi) is 3.85. The highest BCUT2D eigenvalue weighted by Gasteiger charge is 2.30. The summed E-state index contributed by atoms with van der Waals surface area (Å²) in [5, 5.41) is 9.38. The first-order chi connectivity index (χ1) is 9.32. The zero-order valence-electron chi connectivity index (χ0n) is 10.5. The third-order valence-electron chi connectivity index (χ3n) is 2.88. The van der Waals surface area contributed by atoms with Gasteiger partial charge in [-0.25, -0.2) is 4.79 Å². The summed E-state index contributed by atoms with van der Waals surface area (Å²) in [5.74, 6) is -1.08. The number of carboxylic acid groups (broad SMARTS) is 1. The quantitative estimate of drug-likeness (QED) is 0.842. The molecule has 0 bridgehead atoms. The molecule has 0 spiro atoms. The first kappa shape index (κ1) is 14.6. The number of aliphatic carboxylic acids is 1. The summed E-state index contributed by atoms with van der Waals surface area (Å²) in [4.78, 5) is 11.2. The number of fused-ring (bicyclic) bond motifs is 1. The fourth-order valence-corrected chi connectivity index (χ4v) is 3.23. The van der Waals surface area contributed by atoms with E-state index in [9.17, 15) is 18.0 Å². The molecule has 0 aliphatic carbocycles. The van der Waals surface area contributed by atoms with E-state index in [-0.39, 0.29) is 0 Å². The number of rotatable bonds is 3. The van der Waals surface area contributed by atoms with Crippen molar-refractivity contribution in [1.82, 2.24) is 0 Å². The average molecular weight is 300 g/mol. The Morgan fingerprint density at radius 1 is 1.40 bits per heavy atom. The summed E-state index contributed by atoms with van der Waals surface area (Å²) >= 11 is 1.17. The first-order valence-corrected chi connectivity index (χ1v) is 6.68. The smallest absolute Gasteiger partial charge is 0.416 e. The third kappa shape index (κ3) is 2.85. The molecule has 1 heterocycles. The lowest BCUT2D eigenvalue weighted by Crippen LogP contribution is -2.03. The largest absolute Gasteiger partial charge is 0.478 e. The van der Waals surface area contributed by atoms with E-state index in [2.05, 4.69) is 0 Å². The van der Waals surface area contributed by atoms with Crippen LogP contribution in [-0.4, -0.2) is 11.1 Å². The highest BCUT2D eigenvalue weighted by atomic mass is 32.1. The Balaban J connectivity index is 2.59. The van der Waals surface area contributed by atoms with Crippen LogP contribution < -0.4 is 0 Å². The Morgan fingerprint density at radius 2 is 2.10 bits per heavy atom. The molecule has 1 aromatic heterocycles. The van der Waals surface area contributed by atoms with Crippen molar-refractivity contribution in [3.8, 4) is 0 Å². The zero-order chi connectivity index (χ0) is 14.9. The van der Waals surface area contributed by atoms with Crippen molar-refractivity contribution >= 4 is 33.5 Å². The molecule has 0 unspecified atom stereocenters. The summed E-state index contributed by atoms with van der Waals surface area (Å²) in [5.41, 5.74) is 0.180. The van der Waals surface area contributed by atoms with Gasteiger partial charge in [0.25, 0.3) is 0 Å². The summed E-state index contributed by atoms with van der Waals surface area (Å²) in [7, 11) is 0. The van der Waals surface area contributed by atoms with E-state index in [1.54, 1.807) is 0 Å². The van der Waals surface area contributed by atoms with Crippen LogP contribution in [-0.2, 0) is 17.4 Å². The van der Waals surface area contributed by atoms with E-state index in [1.807, 2.05) is 6.92 Å². The van der Waals surface area contributed by atoms with Crippen LogP contribution in [0.3, 0.4) is 0 Å². The Bertz CT molecular complexity index is 684. The van der Waals surface area contributed by atoms with Crippen LogP contribution in [0.15, 0.2) is 24.3 Å². The van der Waals surface area contributed by atoms with Crippen LogP contribution in [0.4, 0.5) is 13.2 Å². The van der Waals surface area contributed by atoms with Gasteiger partial charge in [-0.2, -0.15) is 13.2 Å². The molecule has 20 heavy (non-hydrogen) atoms. The Hall–Kier alpha value is -1.82. The number of hydrogen-bond acceptors (Lipinski definition) is 2. The molecule has 1 N–H and O–H groups in total. The molecule has 0 fully saturated rings. The van der Waals surface area contributed by atoms with Gasteiger partial charge in [0.05, 0.1) is 5.56 Å². The average Bonchev–Trinajstić information content (AvgIpc) is 2.71. The topological polar surface area (TPSA) is 37.3 Å². The minimum Gasteiger partial charge on any atom is -0.478 e. The molecule has 1 aromatic carbocycles. The number of thiophene rings is 1. The zero-order valence-corrected chi connectivity index (χ0v) is 11.3. The number of hydrogen-bond donors (Lipinski definition) is 1. The summed E-state index contributed by atoms with van der Waals surface area (Å²) < 4.78 is 38.5. The van der Waals surface area contributed by atoms with Crippen molar-refractivity contribution in [3.05, 3.63) is 40.3 Å². The fraction of sp³-hybridized carbons (Fsp3) is 0.214. The van der Waals surface area contributed by atoms with Gasteiger partial charge in [-0.05, 0) is 35.6 Å². The number of carbonyl (C=O) groups is 1. The standard InChI is InChI=1S/C14H11F3O2S/c1-2-9-10-4-3-8(14(15,16)17)7-12(10)20-11(9)5-6-13(18)19/h3-7H,2H2,1H3,(H,18,19). The van der Waals surface area contributed by atoms with Gasteiger partial charge in [0, 0.05) is 15.7 Å². The molecular weight excluding hydrogens is 289 g/mol.